The lowest BCUT2D eigenvalue weighted by Crippen LogP contribution is -2.67. The van der Waals surface area contributed by atoms with Crippen LogP contribution in [-0.2, 0) is 42.6 Å². The second kappa shape index (κ2) is 22.8. The molecule has 5 aliphatic heterocycles. The summed E-state index contributed by atoms with van der Waals surface area (Å²) in [6.07, 6.45) is -27.2. The molecule has 0 spiro atoms. The van der Waals surface area contributed by atoms with Crippen molar-refractivity contribution in [3.8, 4) is 0 Å². The van der Waals surface area contributed by atoms with Crippen LogP contribution >= 0.6 is 0 Å². The van der Waals surface area contributed by atoms with E-state index in [4.69, 9.17) is 42.6 Å². The van der Waals surface area contributed by atoms with E-state index in [0.717, 1.165) is 32.1 Å². The number of rotatable bonds is 15. The molecule has 434 valence electrons. The Labute approximate surface area is 436 Å². The van der Waals surface area contributed by atoms with E-state index < -0.39 is 161 Å². The molecule has 0 bridgehead atoms. The van der Waals surface area contributed by atoms with E-state index in [1.807, 2.05) is 6.92 Å². The largest absolute Gasteiger partial charge is 0.394 e. The first-order valence-electron chi connectivity index (χ1n) is 27.3. The summed E-state index contributed by atoms with van der Waals surface area (Å²) in [5.74, 6) is -0.524. The summed E-state index contributed by atoms with van der Waals surface area (Å²) in [5.41, 5.74) is -0.407. The minimum absolute atomic E-state index is 0.0918. The third-order valence-electron chi connectivity index (χ3n) is 20.1. The SMILES string of the molecule is CC1C2C(C[C@H]3C4CC[C@H]5C[C@@H](O[C@@H]6O[C@H](CO)[C@H](O[C@@H]7O[C@H](CO)[C@@H](O)[C@H](O)[C@H]7O)[C@H](O)[C@H]6O[C@@H]6O[C@@H](C)[C@H](O)[C@@H](O)[C@H]6O)[C@H](O)C[C@]5(C)C4CC[C@]23C)OC1(O)CC[C@@H](C)CO[C@@H]1O[C@H](CO)[C@@H](O)[C@H](O)[C@H]1O. The zero-order valence-corrected chi connectivity index (χ0v) is 43.4. The second-order valence-corrected chi connectivity index (χ2v) is 24.4. The molecule has 15 N–H and O–H groups in total. The maximum Gasteiger partial charge on any atom is 0.187 e. The Kier molecular flexibility index (Phi) is 17.8. The van der Waals surface area contributed by atoms with Crippen LogP contribution in [0.3, 0.4) is 0 Å². The molecule has 0 aromatic heterocycles. The number of hydrogen-bond donors (Lipinski definition) is 15. The van der Waals surface area contributed by atoms with Crippen molar-refractivity contribution in [3.05, 3.63) is 0 Å². The van der Waals surface area contributed by atoms with Crippen molar-refractivity contribution in [2.75, 3.05) is 26.4 Å². The number of aliphatic hydroxyl groups excluding tert-OH is 14. The van der Waals surface area contributed by atoms with Gasteiger partial charge in [-0.15, -0.1) is 0 Å². The van der Waals surface area contributed by atoms with Crippen LogP contribution in [0.25, 0.3) is 0 Å². The maximum absolute atomic E-state index is 12.1. The molecule has 9 rings (SSSR count). The number of fused-ring (bicyclic) bond motifs is 7. The summed E-state index contributed by atoms with van der Waals surface area (Å²) >= 11 is 0. The zero-order valence-electron chi connectivity index (χ0n) is 43.4. The smallest absolute Gasteiger partial charge is 0.187 e. The minimum atomic E-state index is -1.88. The van der Waals surface area contributed by atoms with Crippen LogP contribution in [-0.4, -0.2) is 250 Å². The Balaban J connectivity index is 0.847. The van der Waals surface area contributed by atoms with Crippen LogP contribution in [0, 0.1) is 52.3 Å². The molecule has 0 amide bonds. The van der Waals surface area contributed by atoms with Crippen LogP contribution in [0.1, 0.15) is 92.4 Å². The average Bonchev–Trinajstić information content (AvgIpc) is 3.82. The molecule has 4 saturated carbocycles. The molecule has 0 radical (unpaired) electrons. The Morgan fingerprint density at radius 2 is 1.15 bits per heavy atom. The molecule has 0 aromatic rings. The third kappa shape index (κ3) is 10.5. The number of ether oxygens (including phenoxy) is 9. The first-order valence-corrected chi connectivity index (χ1v) is 27.3. The molecular formula is C51H86O24. The third-order valence-corrected chi connectivity index (χ3v) is 20.1. The van der Waals surface area contributed by atoms with Crippen LogP contribution in [0.5, 0.6) is 0 Å². The van der Waals surface area contributed by atoms with Gasteiger partial charge in [0.25, 0.3) is 0 Å². The van der Waals surface area contributed by atoms with Gasteiger partial charge >= 0.3 is 0 Å². The molecule has 75 heavy (non-hydrogen) atoms. The van der Waals surface area contributed by atoms with Crippen LogP contribution in [0.15, 0.2) is 0 Å². The van der Waals surface area contributed by atoms with Crippen LogP contribution in [0.4, 0.5) is 0 Å². The van der Waals surface area contributed by atoms with E-state index in [0.29, 0.717) is 37.5 Å². The van der Waals surface area contributed by atoms with E-state index in [1.54, 1.807) is 0 Å². The summed E-state index contributed by atoms with van der Waals surface area (Å²) < 4.78 is 54.1. The van der Waals surface area contributed by atoms with Crippen molar-refractivity contribution in [1.29, 1.82) is 0 Å². The lowest BCUT2D eigenvalue weighted by Gasteiger charge is -2.62. The average molecular weight is 1080 g/mol. The molecular weight excluding hydrogens is 997 g/mol. The molecule has 6 unspecified atom stereocenters. The Morgan fingerprint density at radius 3 is 1.79 bits per heavy atom. The van der Waals surface area contributed by atoms with Gasteiger partial charge in [0.1, 0.15) is 91.6 Å². The first kappa shape index (κ1) is 58.7. The molecule has 0 aromatic carbocycles. The fraction of sp³-hybridized carbons (Fsp3) is 1.00. The highest BCUT2D eigenvalue weighted by Gasteiger charge is 2.69. The molecule has 5 saturated heterocycles. The van der Waals surface area contributed by atoms with Crippen molar-refractivity contribution in [3.63, 3.8) is 0 Å². The van der Waals surface area contributed by atoms with Crippen LogP contribution in [0.2, 0.25) is 0 Å². The topological polar surface area (TPSA) is 387 Å². The van der Waals surface area contributed by atoms with Gasteiger partial charge in [-0.05, 0) is 105 Å². The summed E-state index contributed by atoms with van der Waals surface area (Å²) in [4.78, 5) is 0. The fourth-order valence-electron chi connectivity index (χ4n) is 15.6. The van der Waals surface area contributed by atoms with Gasteiger partial charge in [-0.1, -0.05) is 27.7 Å². The standard InChI is InChI=1S/C51H86O24/c1-19(18-67-45-39(62)37(60)34(57)29(15-52)70-45)8-11-51(66)20(2)32-28(75-51)13-25-23-7-6-22-12-27(26(55)14-50(22,5)24(23)9-10-49(25,32)4)69-48-44(74-46-40(63)36(59)33(56)21(3)68-46)42(65)43(31(17-54)72-48)73-47-41(64)38(61)35(58)30(16-53)71-47/h19-48,52-66H,6-18H2,1-5H3/t19-,20?,21+,22+,23?,24?,25+,26-,27-,28?,29-,30-,31-,32?,33+,34-,35-,36-,37+,38+,39-,40-,41-,42+,43+,44-,45-,46+,47+,48-,49+,50+,51?/m1/s1. The molecule has 4 aliphatic carbocycles. The highest BCUT2D eigenvalue weighted by Crippen LogP contribution is 2.71. The van der Waals surface area contributed by atoms with E-state index in [1.165, 1.54) is 6.92 Å². The second-order valence-electron chi connectivity index (χ2n) is 24.4. The van der Waals surface area contributed by atoms with E-state index in [9.17, 15) is 76.6 Å². The van der Waals surface area contributed by atoms with Gasteiger partial charge in [-0.2, -0.15) is 0 Å². The fourth-order valence-corrected chi connectivity index (χ4v) is 15.6. The Hall–Kier alpha value is -0.960. The van der Waals surface area contributed by atoms with Crippen molar-refractivity contribution in [1.82, 2.24) is 0 Å². The van der Waals surface area contributed by atoms with Gasteiger partial charge in [0.15, 0.2) is 30.9 Å². The molecule has 24 nitrogen and oxygen atoms in total. The maximum atomic E-state index is 12.1. The normalized spacial score (nSPS) is 56.4. The lowest BCUT2D eigenvalue weighted by molar-refractivity contribution is -0.392. The zero-order chi connectivity index (χ0) is 54.4. The Morgan fingerprint density at radius 1 is 0.573 bits per heavy atom. The predicted molar refractivity (Wildman–Crippen MR) is 252 cm³/mol. The van der Waals surface area contributed by atoms with Crippen molar-refractivity contribution in [2.24, 2.45) is 52.3 Å². The highest BCUT2D eigenvalue weighted by molar-refractivity contribution is 5.16. The van der Waals surface area contributed by atoms with Crippen molar-refractivity contribution < 1.29 is 119 Å². The molecule has 9 fully saturated rings. The first-order chi connectivity index (χ1) is 35.4. The van der Waals surface area contributed by atoms with Gasteiger partial charge < -0.3 is 119 Å². The van der Waals surface area contributed by atoms with E-state index in [-0.39, 0.29) is 53.1 Å². The van der Waals surface area contributed by atoms with Gasteiger partial charge in [0.05, 0.1) is 50.8 Å². The van der Waals surface area contributed by atoms with E-state index >= 15 is 0 Å². The molecule has 24 heteroatoms. The van der Waals surface area contributed by atoms with Gasteiger partial charge in [0.2, 0.25) is 0 Å². The summed E-state index contributed by atoms with van der Waals surface area (Å²) in [6, 6.07) is 0. The van der Waals surface area contributed by atoms with E-state index in [2.05, 4.69) is 20.8 Å². The summed E-state index contributed by atoms with van der Waals surface area (Å²) in [6.45, 7) is 8.09. The highest BCUT2D eigenvalue weighted by atomic mass is 16.8. The molecule has 5 heterocycles. The molecule has 9 aliphatic rings. The quantitative estimate of drug-likeness (QED) is 0.0696. The number of aliphatic hydroxyl groups is 15. The molecule has 33 atom stereocenters. The lowest BCUT2D eigenvalue weighted by atomic mass is 9.44. The van der Waals surface area contributed by atoms with Gasteiger partial charge in [0, 0.05) is 12.3 Å². The van der Waals surface area contributed by atoms with Gasteiger partial charge in [-0.3, -0.25) is 0 Å². The van der Waals surface area contributed by atoms with Gasteiger partial charge in [-0.25, -0.2) is 0 Å². The van der Waals surface area contributed by atoms with Crippen molar-refractivity contribution >= 4 is 0 Å². The summed E-state index contributed by atoms with van der Waals surface area (Å²) in [5, 5.41) is 161. The van der Waals surface area contributed by atoms with Crippen molar-refractivity contribution in [2.45, 2.75) is 239 Å². The predicted octanol–water partition coefficient (Wildman–Crippen LogP) is -3.96. The monoisotopic (exact) mass is 1080 g/mol. The number of hydrogen-bond acceptors (Lipinski definition) is 24. The summed E-state index contributed by atoms with van der Waals surface area (Å²) in [7, 11) is 0. The minimum Gasteiger partial charge on any atom is -0.394 e. The van der Waals surface area contributed by atoms with Crippen LogP contribution < -0.4 is 0 Å². The Bertz CT molecular complexity index is 1890.